The second-order valence-corrected chi connectivity index (χ2v) is 6.07. The molecule has 2 aromatic carbocycles. The molecule has 26 heavy (non-hydrogen) atoms. The lowest BCUT2D eigenvalue weighted by molar-refractivity contribution is 0.0930. The van der Waals surface area contributed by atoms with E-state index in [0.717, 1.165) is 22.4 Å². The standard InChI is InChI=1S/C21H18N4O/c26-21(18-12-6-7-13-22-18)25-19(14-15-8-2-1-3-9-15)20-23-16-10-4-5-11-17(16)24-20/h1-13,19H,14H2,(H,23,24)(H,25,26)/t19-/m0/s1. The predicted octanol–water partition coefficient (Wildman–Crippen LogP) is 3.67. The Morgan fingerprint density at radius 3 is 2.50 bits per heavy atom. The third-order valence-electron chi connectivity index (χ3n) is 4.22. The first kappa shape index (κ1) is 16.0. The number of hydrogen-bond donors (Lipinski definition) is 2. The van der Waals surface area contributed by atoms with E-state index in [1.54, 1.807) is 24.4 Å². The van der Waals surface area contributed by atoms with Crippen LogP contribution in [0.2, 0.25) is 0 Å². The lowest BCUT2D eigenvalue weighted by Gasteiger charge is -2.16. The van der Waals surface area contributed by atoms with Gasteiger partial charge < -0.3 is 10.3 Å². The molecule has 4 aromatic rings. The molecule has 0 aliphatic heterocycles. The highest BCUT2D eigenvalue weighted by atomic mass is 16.1. The fraction of sp³-hybridized carbons (Fsp3) is 0.0952. The summed E-state index contributed by atoms with van der Waals surface area (Å²) in [6.07, 6.45) is 2.25. The zero-order valence-corrected chi connectivity index (χ0v) is 14.1. The number of para-hydroxylation sites is 2. The maximum absolute atomic E-state index is 12.6. The van der Waals surface area contributed by atoms with E-state index in [4.69, 9.17) is 0 Å². The molecule has 0 spiro atoms. The van der Waals surface area contributed by atoms with Gasteiger partial charge in [0.2, 0.25) is 0 Å². The van der Waals surface area contributed by atoms with E-state index in [0.29, 0.717) is 12.1 Å². The van der Waals surface area contributed by atoms with E-state index in [9.17, 15) is 4.79 Å². The molecule has 0 saturated heterocycles. The normalized spacial score (nSPS) is 12.0. The topological polar surface area (TPSA) is 70.7 Å². The average Bonchev–Trinajstić information content (AvgIpc) is 3.13. The molecule has 5 nitrogen and oxygen atoms in total. The number of carbonyl (C=O) groups is 1. The number of amides is 1. The third-order valence-corrected chi connectivity index (χ3v) is 4.22. The Labute approximate surface area is 151 Å². The number of nitrogens with zero attached hydrogens (tertiary/aromatic N) is 2. The predicted molar refractivity (Wildman–Crippen MR) is 101 cm³/mol. The smallest absolute Gasteiger partial charge is 0.270 e. The Morgan fingerprint density at radius 1 is 0.962 bits per heavy atom. The van der Waals surface area contributed by atoms with Crippen LogP contribution in [0.15, 0.2) is 79.0 Å². The lowest BCUT2D eigenvalue weighted by atomic mass is 10.1. The van der Waals surface area contributed by atoms with Crippen LogP contribution in [0, 0.1) is 0 Å². The van der Waals surface area contributed by atoms with Gasteiger partial charge in [0, 0.05) is 6.20 Å². The van der Waals surface area contributed by atoms with Crippen molar-refractivity contribution in [2.75, 3.05) is 0 Å². The fourth-order valence-corrected chi connectivity index (χ4v) is 2.93. The number of imidazole rings is 1. The number of rotatable bonds is 5. The van der Waals surface area contributed by atoms with E-state index >= 15 is 0 Å². The summed E-state index contributed by atoms with van der Waals surface area (Å²) in [7, 11) is 0. The van der Waals surface area contributed by atoms with E-state index in [1.807, 2.05) is 54.6 Å². The highest BCUT2D eigenvalue weighted by Gasteiger charge is 2.20. The van der Waals surface area contributed by atoms with Crippen LogP contribution in [0.5, 0.6) is 0 Å². The van der Waals surface area contributed by atoms with E-state index < -0.39 is 0 Å². The monoisotopic (exact) mass is 342 g/mol. The van der Waals surface area contributed by atoms with Gasteiger partial charge in [-0.25, -0.2) is 4.98 Å². The number of benzene rings is 2. The number of nitrogens with one attached hydrogen (secondary N) is 2. The summed E-state index contributed by atoms with van der Waals surface area (Å²) >= 11 is 0. The minimum absolute atomic E-state index is 0.216. The van der Waals surface area contributed by atoms with Gasteiger partial charge in [-0.3, -0.25) is 9.78 Å². The molecule has 2 heterocycles. The quantitative estimate of drug-likeness (QED) is 0.581. The SMILES string of the molecule is O=C(N[C@@H](Cc1ccccc1)c1nc2ccccc2[nH]1)c1ccccn1. The molecular formula is C21H18N4O. The maximum atomic E-state index is 12.6. The van der Waals surface area contributed by atoms with Crippen molar-refractivity contribution in [3.05, 3.63) is 96.1 Å². The van der Waals surface area contributed by atoms with Crippen molar-refractivity contribution >= 4 is 16.9 Å². The Bertz CT molecular complexity index is 979. The molecule has 0 unspecified atom stereocenters. The molecule has 2 N–H and O–H groups in total. The van der Waals surface area contributed by atoms with Gasteiger partial charge in [0.05, 0.1) is 17.1 Å². The second kappa shape index (κ2) is 7.19. The van der Waals surface area contributed by atoms with Crippen molar-refractivity contribution in [2.45, 2.75) is 12.5 Å². The molecule has 0 aliphatic carbocycles. The molecule has 128 valence electrons. The molecule has 2 aromatic heterocycles. The van der Waals surface area contributed by atoms with Gasteiger partial charge in [-0.05, 0) is 36.2 Å². The molecule has 0 bridgehead atoms. The van der Waals surface area contributed by atoms with Crippen LogP contribution >= 0.6 is 0 Å². The minimum Gasteiger partial charge on any atom is -0.340 e. The van der Waals surface area contributed by atoms with Gasteiger partial charge >= 0.3 is 0 Å². The summed E-state index contributed by atoms with van der Waals surface area (Å²) in [5.74, 6) is 0.520. The van der Waals surface area contributed by atoms with Crippen molar-refractivity contribution < 1.29 is 4.79 Å². The van der Waals surface area contributed by atoms with E-state index in [1.165, 1.54) is 0 Å². The van der Waals surface area contributed by atoms with Crippen molar-refractivity contribution in [3.8, 4) is 0 Å². The first-order chi connectivity index (χ1) is 12.8. The third kappa shape index (κ3) is 3.47. The number of H-pyrrole nitrogens is 1. The second-order valence-electron chi connectivity index (χ2n) is 6.07. The average molecular weight is 342 g/mol. The highest BCUT2D eigenvalue weighted by Crippen LogP contribution is 2.20. The van der Waals surface area contributed by atoms with Crippen LogP contribution in [-0.4, -0.2) is 20.9 Å². The van der Waals surface area contributed by atoms with Crippen molar-refractivity contribution in [1.82, 2.24) is 20.3 Å². The molecule has 0 aliphatic rings. The van der Waals surface area contributed by atoms with E-state index in [2.05, 4.69) is 20.3 Å². The zero-order valence-electron chi connectivity index (χ0n) is 14.1. The highest BCUT2D eigenvalue weighted by molar-refractivity contribution is 5.92. The van der Waals surface area contributed by atoms with Gasteiger partial charge in [0.1, 0.15) is 11.5 Å². The summed E-state index contributed by atoms with van der Waals surface area (Å²) in [5, 5.41) is 3.06. The molecule has 0 radical (unpaired) electrons. The number of pyridine rings is 1. The maximum Gasteiger partial charge on any atom is 0.270 e. The van der Waals surface area contributed by atoms with Crippen LogP contribution in [-0.2, 0) is 6.42 Å². The van der Waals surface area contributed by atoms with Gasteiger partial charge in [0.15, 0.2) is 0 Å². The van der Waals surface area contributed by atoms with Crippen molar-refractivity contribution in [3.63, 3.8) is 0 Å². The van der Waals surface area contributed by atoms with Crippen molar-refractivity contribution in [2.24, 2.45) is 0 Å². The largest absolute Gasteiger partial charge is 0.340 e. The summed E-state index contributed by atoms with van der Waals surface area (Å²) < 4.78 is 0. The van der Waals surface area contributed by atoms with Gasteiger partial charge in [-0.1, -0.05) is 48.5 Å². The number of aromatic nitrogens is 3. The fourth-order valence-electron chi connectivity index (χ4n) is 2.93. The number of hydrogen-bond acceptors (Lipinski definition) is 3. The first-order valence-electron chi connectivity index (χ1n) is 8.50. The Kier molecular flexibility index (Phi) is 4.43. The molecule has 1 atom stereocenters. The summed E-state index contributed by atoms with van der Waals surface area (Å²) in [6.45, 7) is 0. The number of fused-ring (bicyclic) bond motifs is 1. The Hall–Kier alpha value is -3.47. The molecule has 5 heteroatoms. The van der Waals surface area contributed by atoms with Crippen LogP contribution in [0.3, 0.4) is 0 Å². The molecule has 1 amide bonds. The first-order valence-corrected chi connectivity index (χ1v) is 8.50. The van der Waals surface area contributed by atoms with Crippen LogP contribution in [0.25, 0.3) is 11.0 Å². The molecule has 0 fully saturated rings. The number of carbonyl (C=O) groups excluding carboxylic acids is 1. The summed E-state index contributed by atoms with van der Waals surface area (Å²) in [6, 6.07) is 22.9. The minimum atomic E-state index is -0.278. The van der Waals surface area contributed by atoms with Crippen LogP contribution < -0.4 is 5.32 Å². The van der Waals surface area contributed by atoms with Gasteiger partial charge in [-0.2, -0.15) is 0 Å². The van der Waals surface area contributed by atoms with Gasteiger partial charge in [-0.15, -0.1) is 0 Å². The Morgan fingerprint density at radius 2 is 1.73 bits per heavy atom. The van der Waals surface area contributed by atoms with Crippen molar-refractivity contribution in [1.29, 1.82) is 0 Å². The lowest BCUT2D eigenvalue weighted by Crippen LogP contribution is -2.31. The number of aromatic amines is 1. The molecule has 0 saturated carbocycles. The zero-order chi connectivity index (χ0) is 17.8. The Balaban J connectivity index is 1.65. The van der Waals surface area contributed by atoms with E-state index in [-0.39, 0.29) is 11.9 Å². The summed E-state index contributed by atoms with van der Waals surface area (Å²) in [5.41, 5.74) is 3.35. The molecule has 4 rings (SSSR count). The molecular weight excluding hydrogens is 324 g/mol. The van der Waals surface area contributed by atoms with Crippen LogP contribution in [0.4, 0.5) is 0 Å². The summed E-state index contributed by atoms with van der Waals surface area (Å²) in [4.78, 5) is 24.7. The van der Waals surface area contributed by atoms with Gasteiger partial charge in [0.25, 0.3) is 5.91 Å². The van der Waals surface area contributed by atoms with Crippen LogP contribution in [0.1, 0.15) is 27.9 Å².